The summed E-state index contributed by atoms with van der Waals surface area (Å²) in [4.78, 5) is 0. The van der Waals surface area contributed by atoms with Gasteiger partial charge < -0.3 is 0 Å². The van der Waals surface area contributed by atoms with Gasteiger partial charge in [0, 0.05) is 10.6 Å². The Bertz CT molecular complexity index is 621. The van der Waals surface area contributed by atoms with Gasteiger partial charge >= 0.3 is 6.18 Å². The van der Waals surface area contributed by atoms with Gasteiger partial charge in [-0.2, -0.15) is 13.2 Å². The van der Waals surface area contributed by atoms with Gasteiger partial charge in [0.05, 0.1) is 15.6 Å². The van der Waals surface area contributed by atoms with Gasteiger partial charge in [-0.15, -0.1) is 0 Å². The van der Waals surface area contributed by atoms with E-state index in [2.05, 4.69) is 0 Å². The molecule has 0 heterocycles. The summed E-state index contributed by atoms with van der Waals surface area (Å²) in [5.41, 5.74) is -0.0291. The van der Waals surface area contributed by atoms with Crippen LogP contribution < -0.4 is 0 Å². The molecule has 0 bridgehead atoms. The van der Waals surface area contributed by atoms with Crippen molar-refractivity contribution < 1.29 is 13.2 Å². The van der Waals surface area contributed by atoms with Crippen LogP contribution in [-0.4, -0.2) is 0 Å². The second kappa shape index (κ2) is 5.23. The molecule has 0 unspecified atom stereocenters. The Morgan fingerprint density at radius 2 is 1.37 bits per heavy atom. The van der Waals surface area contributed by atoms with E-state index in [9.17, 15) is 13.2 Å². The van der Waals surface area contributed by atoms with Crippen LogP contribution in [0.1, 0.15) is 5.56 Å². The minimum Gasteiger partial charge on any atom is -0.166 e. The molecule has 0 saturated heterocycles. The van der Waals surface area contributed by atoms with Crippen molar-refractivity contribution in [3.63, 3.8) is 0 Å². The average Bonchev–Trinajstić information content (AvgIpc) is 2.32. The number of hydrogen-bond donors (Lipinski definition) is 0. The van der Waals surface area contributed by atoms with Gasteiger partial charge in [-0.3, -0.25) is 0 Å². The van der Waals surface area contributed by atoms with E-state index in [1.807, 2.05) is 0 Å². The lowest BCUT2D eigenvalue weighted by Gasteiger charge is -2.11. The maximum absolute atomic E-state index is 12.7. The summed E-state index contributed by atoms with van der Waals surface area (Å²) in [7, 11) is 0. The van der Waals surface area contributed by atoms with Gasteiger partial charge in [0.2, 0.25) is 0 Å². The lowest BCUT2D eigenvalue weighted by atomic mass is 10.0. The first kappa shape index (κ1) is 14.5. The van der Waals surface area contributed by atoms with Crippen molar-refractivity contribution in [1.82, 2.24) is 0 Å². The highest BCUT2D eigenvalue weighted by Crippen LogP contribution is 2.37. The zero-order valence-corrected chi connectivity index (χ0v) is 11.5. The lowest BCUT2D eigenvalue weighted by Crippen LogP contribution is -2.04. The molecule has 0 aliphatic carbocycles. The van der Waals surface area contributed by atoms with Gasteiger partial charge in [-0.05, 0) is 35.9 Å². The second-order valence-corrected chi connectivity index (χ2v) is 5.04. The zero-order chi connectivity index (χ0) is 14.2. The number of rotatable bonds is 1. The lowest BCUT2D eigenvalue weighted by molar-refractivity contribution is -0.137. The second-order valence-electron chi connectivity index (χ2n) is 3.82. The Kier molecular flexibility index (Phi) is 4.00. The van der Waals surface area contributed by atoms with E-state index < -0.39 is 11.7 Å². The Hall–Kier alpha value is -0.900. The largest absolute Gasteiger partial charge is 0.416 e. The maximum atomic E-state index is 12.7. The van der Waals surface area contributed by atoms with E-state index in [1.54, 1.807) is 6.07 Å². The first-order valence-corrected chi connectivity index (χ1v) is 6.24. The molecule has 0 atom stereocenters. The van der Waals surface area contributed by atoms with Crippen LogP contribution in [0.25, 0.3) is 11.1 Å². The molecule has 0 saturated carbocycles. The van der Waals surface area contributed by atoms with Crippen LogP contribution in [0.2, 0.25) is 15.1 Å². The van der Waals surface area contributed by atoms with E-state index in [0.29, 0.717) is 10.6 Å². The molecule has 0 radical (unpaired) electrons. The minimum absolute atomic E-state index is 0.214. The van der Waals surface area contributed by atoms with Gasteiger partial charge in [-0.1, -0.05) is 40.9 Å². The van der Waals surface area contributed by atoms with Crippen LogP contribution in [-0.2, 0) is 6.18 Å². The van der Waals surface area contributed by atoms with Crippen LogP contribution in [0, 0.1) is 0 Å². The summed E-state index contributed by atoms with van der Waals surface area (Å²) >= 11 is 17.5. The zero-order valence-electron chi connectivity index (χ0n) is 9.23. The SMILES string of the molecule is FC(F)(F)c1ccc(Cl)c(-c2ccc(Cl)c(Cl)c2)c1. The van der Waals surface area contributed by atoms with Crippen molar-refractivity contribution >= 4 is 34.8 Å². The predicted octanol–water partition coefficient (Wildman–Crippen LogP) is 6.33. The third kappa shape index (κ3) is 3.16. The molecule has 0 nitrogen and oxygen atoms in total. The summed E-state index contributed by atoms with van der Waals surface area (Å²) in [6.07, 6.45) is -4.42. The van der Waals surface area contributed by atoms with Crippen molar-refractivity contribution in [2.75, 3.05) is 0 Å². The molecule has 2 aromatic rings. The highest BCUT2D eigenvalue weighted by molar-refractivity contribution is 6.42. The van der Waals surface area contributed by atoms with Crippen LogP contribution in [0.5, 0.6) is 0 Å². The van der Waals surface area contributed by atoms with Crippen LogP contribution in [0.15, 0.2) is 36.4 Å². The van der Waals surface area contributed by atoms with E-state index in [4.69, 9.17) is 34.8 Å². The summed E-state index contributed by atoms with van der Waals surface area (Å²) in [5, 5.41) is 0.799. The predicted molar refractivity (Wildman–Crippen MR) is 71.9 cm³/mol. The molecule has 0 N–H and O–H groups in total. The number of halogens is 6. The average molecular weight is 326 g/mol. The number of benzene rings is 2. The van der Waals surface area contributed by atoms with E-state index >= 15 is 0 Å². The van der Waals surface area contributed by atoms with Crippen molar-refractivity contribution in [2.24, 2.45) is 0 Å². The maximum Gasteiger partial charge on any atom is 0.416 e. The monoisotopic (exact) mass is 324 g/mol. The molecule has 0 aliphatic heterocycles. The summed E-state index contributed by atoms with van der Waals surface area (Å²) in [6.45, 7) is 0. The first-order valence-electron chi connectivity index (χ1n) is 5.11. The summed E-state index contributed by atoms with van der Waals surface area (Å²) in [6, 6.07) is 7.68. The van der Waals surface area contributed by atoms with Crippen LogP contribution >= 0.6 is 34.8 Å². The summed E-state index contributed by atoms with van der Waals surface area (Å²) < 4.78 is 38.0. The highest BCUT2D eigenvalue weighted by atomic mass is 35.5. The van der Waals surface area contributed by atoms with Crippen molar-refractivity contribution in [2.45, 2.75) is 6.18 Å². The van der Waals surface area contributed by atoms with E-state index in [1.165, 1.54) is 18.2 Å². The molecule has 19 heavy (non-hydrogen) atoms. The molecule has 0 fully saturated rings. The van der Waals surface area contributed by atoms with Crippen molar-refractivity contribution in [1.29, 1.82) is 0 Å². The molecule has 0 amide bonds. The molecule has 0 spiro atoms. The van der Waals surface area contributed by atoms with Crippen molar-refractivity contribution in [3.8, 4) is 11.1 Å². The standard InChI is InChI=1S/C13H6Cl3F3/c14-10-4-2-8(13(17,18)19)6-9(10)7-1-3-11(15)12(16)5-7/h1-6H. The molecule has 2 aromatic carbocycles. The summed E-state index contributed by atoms with van der Waals surface area (Å²) in [5.74, 6) is 0. The van der Waals surface area contributed by atoms with Gasteiger partial charge in [0.1, 0.15) is 0 Å². The third-order valence-electron chi connectivity index (χ3n) is 2.52. The molecule has 100 valence electrons. The molecule has 6 heteroatoms. The third-order valence-corrected chi connectivity index (χ3v) is 3.59. The normalized spacial score (nSPS) is 11.7. The highest BCUT2D eigenvalue weighted by Gasteiger charge is 2.31. The van der Waals surface area contributed by atoms with E-state index in [-0.39, 0.29) is 15.6 Å². The molecule has 0 aliphatic rings. The first-order chi connectivity index (χ1) is 8.79. The van der Waals surface area contributed by atoms with E-state index in [0.717, 1.165) is 12.1 Å². The Labute approximate surface area is 122 Å². The smallest absolute Gasteiger partial charge is 0.166 e. The quantitative estimate of drug-likeness (QED) is 0.574. The van der Waals surface area contributed by atoms with Crippen LogP contribution in [0.4, 0.5) is 13.2 Å². The Balaban J connectivity index is 2.58. The van der Waals surface area contributed by atoms with Crippen molar-refractivity contribution in [3.05, 3.63) is 57.0 Å². The Morgan fingerprint density at radius 1 is 0.737 bits per heavy atom. The molecule has 0 aromatic heterocycles. The number of hydrogen-bond acceptors (Lipinski definition) is 0. The topological polar surface area (TPSA) is 0 Å². The number of alkyl halides is 3. The molecular formula is C13H6Cl3F3. The van der Waals surface area contributed by atoms with Crippen LogP contribution in [0.3, 0.4) is 0 Å². The fourth-order valence-corrected chi connectivity index (χ4v) is 2.11. The minimum atomic E-state index is -4.42. The fourth-order valence-electron chi connectivity index (χ4n) is 1.59. The molecule has 2 rings (SSSR count). The van der Waals surface area contributed by atoms with Gasteiger partial charge in [0.15, 0.2) is 0 Å². The van der Waals surface area contributed by atoms with Gasteiger partial charge in [0.25, 0.3) is 0 Å². The van der Waals surface area contributed by atoms with Gasteiger partial charge in [-0.25, -0.2) is 0 Å². The molecular weight excluding hydrogens is 319 g/mol. The Morgan fingerprint density at radius 3 is 1.95 bits per heavy atom. The fraction of sp³-hybridized carbons (Fsp3) is 0.0769.